The van der Waals surface area contributed by atoms with Gasteiger partial charge in [0.1, 0.15) is 10.6 Å². The number of esters is 1. The molecule has 0 aliphatic carbocycles. The van der Waals surface area contributed by atoms with Gasteiger partial charge in [-0.25, -0.2) is 13.2 Å². The van der Waals surface area contributed by atoms with Crippen LogP contribution in [0.2, 0.25) is 5.02 Å². The van der Waals surface area contributed by atoms with E-state index in [4.69, 9.17) is 16.3 Å². The van der Waals surface area contributed by atoms with Crippen molar-refractivity contribution in [1.82, 2.24) is 8.87 Å². The van der Waals surface area contributed by atoms with Crippen molar-refractivity contribution in [2.45, 2.75) is 18.7 Å². The Morgan fingerprint density at radius 3 is 2.57 bits per heavy atom. The van der Waals surface area contributed by atoms with E-state index in [1.807, 2.05) is 6.92 Å². The largest absolute Gasteiger partial charge is 0.461 e. The van der Waals surface area contributed by atoms with Crippen molar-refractivity contribution in [2.24, 2.45) is 7.05 Å². The fraction of sp³-hybridized carbons (Fsp3) is 0.333. The highest BCUT2D eigenvalue weighted by atomic mass is 35.5. The zero-order valence-electron chi connectivity index (χ0n) is 16.0. The lowest BCUT2D eigenvalue weighted by Gasteiger charge is -2.16. The Hall–Kier alpha value is -2.36. The predicted octanol–water partition coefficient (Wildman–Crippen LogP) is 2.42. The van der Waals surface area contributed by atoms with Gasteiger partial charge in [-0.15, -0.1) is 0 Å². The number of sulfonamides is 1. The summed E-state index contributed by atoms with van der Waals surface area (Å²) < 4.78 is 32.6. The molecule has 0 unspecified atom stereocenters. The minimum Gasteiger partial charge on any atom is -0.461 e. The molecule has 0 bridgehead atoms. The summed E-state index contributed by atoms with van der Waals surface area (Å²) in [5.41, 5.74) is 1.43. The first-order chi connectivity index (χ1) is 13.1. The standard InChI is InChI=1S/C18H22ClN3O5S/c1-5-27-18(24)16-9-13(10-21(16)3)28(25,26)22(4)11-17(23)20-15-7-6-12(2)8-14(15)19/h6-10H,5,11H2,1-4H3,(H,20,23). The second kappa shape index (κ2) is 8.76. The molecule has 152 valence electrons. The van der Waals surface area contributed by atoms with E-state index in [-0.39, 0.29) is 17.2 Å². The van der Waals surface area contributed by atoms with Crippen molar-refractivity contribution in [3.05, 3.63) is 46.7 Å². The summed E-state index contributed by atoms with van der Waals surface area (Å²) in [5, 5.41) is 2.95. The average molecular weight is 428 g/mol. The number of nitrogens with zero attached hydrogens (tertiary/aromatic N) is 2. The normalized spacial score (nSPS) is 11.5. The molecule has 0 aliphatic heterocycles. The van der Waals surface area contributed by atoms with Crippen molar-refractivity contribution in [2.75, 3.05) is 25.5 Å². The smallest absolute Gasteiger partial charge is 0.354 e. The van der Waals surface area contributed by atoms with Crippen molar-refractivity contribution < 1.29 is 22.7 Å². The third-order valence-corrected chi connectivity index (χ3v) is 6.02. The van der Waals surface area contributed by atoms with Gasteiger partial charge >= 0.3 is 5.97 Å². The summed E-state index contributed by atoms with van der Waals surface area (Å²) in [6.07, 6.45) is 1.30. The van der Waals surface area contributed by atoms with Crippen molar-refractivity contribution in [3.8, 4) is 0 Å². The molecule has 2 rings (SSSR count). The number of hydrogen-bond acceptors (Lipinski definition) is 5. The molecule has 0 fully saturated rings. The van der Waals surface area contributed by atoms with Gasteiger partial charge in [0.25, 0.3) is 0 Å². The number of amides is 1. The van der Waals surface area contributed by atoms with E-state index >= 15 is 0 Å². The minimum atomic E-state index is -3.98. The van der Waals surface area contributed by atoms with E-state index < -0.39 is 28.4 Å². The van der Waals surface area contributed by atoms with Crippen molar-refractivity contribution >= 4 is 39.2 Å². The number of benzene rings is 1. The first-order valence-electron chi connectivity index (χ1n) is 8.42. The lowest BCUT2D eigenvalue weighted by molar-refractivity contribution is -0.116. The molecular formula is C18H22ClN3O5S. The van der Waals surface area contributed by atoms with Gasteiger partial charge in [0.05, 0.1) is 23.9 Å². The number of aromatic nitrogens is 1. The average Bonchev–Trinajstić information content (AvgIpc) is 3.00. The van der Waals surface area contributed by atoms with Gasteiger partial charge in [-0.2, -0.15) is 4.31 Å². The molecule has 0 saturated heterocycles. The SMILES string of the molecule is CCOC(=O)c1cc(S(=O)(=O)N(C)CC(=O)Nc2ccc(C)cc2Cl)cn1C. The quantitative estimate of drug-likeness (QED) is 0.684. The van der Waals surface area contributed by atoms with Gasteiger partial charge in [0, 0.05) is 20.3 Å². The van der Waals surface area contributed by atoms with E-state index in [9.17, 15) is 18.0 Å². The Morgan fingerprint density at radius 2 is 1.96 bits per heavy atom. The zero-order valence-corrected chi connectivity index (χ0v) is 17.6. The molecule has 0 saturated carbocycles. The van der Waals surface area contributed by atoms with Crippen LogP contribution < -0.4 is 5.32 Å². The number of carbonyl (C=O) groups excluding carboxylic acids is 2. The summed E-state index contributed by atoms with van der Waals surface area (Å²) in [4.78, 5) is 24.0. The van der Waals surface area contributed by atoms with E-state index in [2.05, 4.69) is 5.32 Å². The van der Waals surface area contributed by atoms with Crippen LogP contribution in [-0.2, 0) is 26.6 Å². The summed E-state index contributed by atoms with van der Waals surface area (Å²) in [7, 11) is -1.16. The summed E-state index contributed by atoms with van der Waals surface area (Å²) in [6, 6.07) is 6.34. The van der Waals surface area contributed by atoms with Crippen LogP contribution in [-0.4, -0.2) is 49.4 Å². The summed E-state index contributed by atoms with van der Waals surface area (Å²) in [5.74, 6) is -1.17. The van der Waals surface area contributed by atoms with E-state index in [1.54, 1.807) is 25.1 Å². The molecule has 28 heavy (non-hydrogen) atoms. The first-order valence-corrected chi connectivity index (χ1v) is 10.2. The topological polar surface area (TPSA) is 97.7 Å². The van der Waals surface area contributed by atoms with Gasteiger partial charge in [0.2, 0.25) is 15.9 Å². The Balaban J connectivity index is 2.14. The van der Waals surface area contributed by atoms with Crippen LogP contribution in [0, 0.1) is 6.92 Å². The molecule has 2 aromatic rings. The molecule has 0 atom stereocenters. The molecule has 0 aliphatic rings. The molecule has 0 radical (unpaired) electrons. The first kappa shape index (κ1) is 21.9. The fourth-order valence-electron chi connectivity index (χ4n) is 2.46. The Bertz CT molecular complexity index is 1000. The molecule has 1 amide bonds. The Kier molecular flexibility index (Phi) is 6.87. The molecule has 1 N–H and O–H groups in total. The van der Waals surface area contributed by atoms with Crippen LogP contribution in [0.25, 0.3) is 0 Å². The van der Waals surface area contributed by atoms with Gasteiger partial charge in [-0.3, -0.25) is 4.79 Å². The lowest BCUT2D eigenvalue weighted by Crippen LogP contribution is -2.34. The number of hydrogen-bond donors (Lipinski definition) is 1. The third-order valence-electron chi connectivity index (χ3n) is 3.94. The van der Waals surface area contributed by atoms with Gasteiger partial charge in [0.15, 0.2) is 0 Å². The van der Waals surface area contributed by atoms with E-state index in [1.165, 1.54) is 30.9 Å². The monoisotopic (exact) mass is 427 g/mol. The lowest BCUT2D eigenvalue weighted by atomic mass is 10.2. The number of likely N-dealkylation sites (N-methyl/N-ethyl adjacent to an activating group) is 1. The van der Waals surface area contributed by atoms with E-state index in [0.29, 0.717) is 10.7 Å². The number of rotatable bonds is 7. The van der Waals surface area contributed by atoms with Crippen LogP contribution in [0.5, 0.6) is 0 Å². The van der Waals surface area contributed by atoms with Crippen molar-refractivity contribution in [3.63, 3.8) is 0 Å². The maximum atomic E-state index is 12.7. The highest BCUT2D eigenvalue weighted by molar-refractivity contribution is 7.89. The van der Waals surface area contributed by atoms with Crippen molar-refractivity contribution in [1.29, 1.82) is 0 Å². The molecule has 1 heterocycles. The Morgan fingerprint density at radius 1 is 1.29 bits per heavy atom. The number of carbonyl (C=O) groups is 2. The number of halogens is 1. The van der Waals surface area contributed by atoms with Crippen LogP contribution >= 0.6 is 11.6 Å². The molecule has 10 heteroatoms. The van der Waals surface area contributed by atoms with Gasteiger partial charge < -0.3 is 14.6 Å². The van der Waals surface area contributed by atoms with Crippen LogP contribution in [0.4, 0.5) is 5.69 Å². The maximum Gasteiger partial charge on any atom is 0.354 e. The van der Waals surface area contributed by atoms with Gasteiger partial charge in [-0.05, 0) is 37.6 Å². The number of aryl methyl sites for hydroxylation is 2. The maximum absolute atomic E-state index is 12.7. The second-order valence-corrected chi connectivity index (χ2v) is 8.64. The summed E-state index contributed by atoms with van der Waals surface area (Å²) in [6.45, 7) is 3.28. The van der Waals surface area contributed by atoms with Crippen LogP contribution in [0.1, 0.15) is 23.0 Å². The fourth-order valence-corrected chi connectivity index (χ4v) is 3.94. The van der Waals surface area contributed by atoms with Crippen LogP contribution in [0.15, 0.2) is 35.4 Å². The number of nitrogens with one attached hydrogen (secondary N) is 1. The highest BCUT2D eigenvalue weighted by Gasteiger charge is 2.27. The zero-order chi connectivity index (χ0) is 21.1. The predicted molar refractivity (Wildman–Crippen MR) is 106 cm³/mol. The Labute approximate surface area is 169 Å². The molecular weight excluding hydrogens is 406 g/mol. The third kappa shape index (κ3) is 4.92. The molecule has 8 nitrogen and oxygen atoms in total. The van der Waals surface area contributed by atoms with Crippen LogP contribution in [0.3, 0.4) is 0 Å². The molecule has 0 spiro atoms. The molecule has 1 aromatic carbocycles. The highest BCUT2D eigenvalue weighted by Crippen LogP contribution is 2.23. The summed E-state index contributed by atoms with van der Waals surface area (Å²) >= 11 is 6.08. The van der Waals surface area contributed by atoms with E-state index in [0.717, 1.165) is 9.87 Å². The second-order valence-electron chi connectivity index (χ2n) is 6.18. The van der Waals surface area contributed by atoms with Gasteiger partial charge in [-0.1, -0.05) is 17.7 Å². The number of ether oxygens (including phenoxy) is 1. The number of anilines is 1. The minimum absolute atomic E-state index is 0.102. The molecule has 1 aromatic heterocycles.